The zero-order chi connectivity index (χ0) is 14.8. The molecular formula is C15H17BrClN3. The van der Waals surface area contributed by atoms with E-state index in [1.54, 1.807) is 0 Å². The van der Waals surface area contributed by atoms with Crippen LogP contribution in [-0.2, 0) is 12.0 Å². The van der Waals surface area contributed by atoms with Gasteiger partial charge in [0.25, 0.3) is 0 Å². The van der Waals surface area contributed by atoms with Gasteiger partial charge in [0.1, 0.15) is 16.2 Å². The molecule has 1 N–H and O–H groups in total. The quantitative estimate of drug-likeness (QED) is 0.804. The molecule has 2 rings (SSSR count). The minimum atomic E-state index is -0.0927. The van der Waals surface area contributed by atoms with Crippen molar-refractivity contribution in [2.75, 3.05) is 5.32 Å². The molecule has 0 bridgehead atoms. The highest BCUT2D eigenvalue weighted by Crippen LogP contribution is 2.23. The van der Waals surface area contributed by atoms with Crippen LogP contribution in [0, 0.1) is 0 Å². The van der Waals surface area contributed by atoms with E-state index in [9.17, 15) is 0 Å². The first-order valence-electron chi connectivity index (χ1n) is 6.38. The van der Waals surface area contributed by atoms with Crippen LogP contribution in [0.25, 0.3) is 0 Å². The van der Waals surface area contributed by atoms with Crippen LogP contribution in [-0.4, -0.2) is 9.97 Å². The molecule has 1 heterocycles. The fourth-order valence-corrected chi connectivity index (χ4v) is 2.26. The van der Waals surface area contributed by atoms with Gasteiger partial charge in [-0.25, -0.2) is 9.97 Å². The molecule has 3 nitrogen and oxygen atoms in total. The maximum atomic E-state index is 6.14. The van der Waals surface area contributed by atoms with Gasteiger partial charge in [0.2, 0.25) is 0 Å². The number of aromatic nitrogens is 2. The summed E-state index contributed by atoms with van der Waals surface area (Å²) in [5.41, 5.74) is 0.950. The number of rotatable bonds is 3. The van der Waals surface area contributed by atoms with Gasteiger partial charge in [-0.05, 0) is 27.6 Å². The van der Waals surface area contributed by atoms with E-state index in [2.05, 4.69) is 52.0 Å². The van der Waals surface area contributed by atoms with Crippen LogP contribution < -0.4 is 5.32 Å². The number of nitrogens with zero attached hydrogens (tertiary/aromatic N) is 2. The zero-order valence-electron chi connectivity index (χ0n) is 11.7. The van der Waals surface area contributed by atoms with Crippen molar-refractivity contribution in [1.82, 2.24) is 9.97 Å². The van der Waals surface area contributed by atoms with E-state index in [1.165, 1.54) is 0 Å². The van der Waals surface area contributed by atoms with E-state index >= 15 is 0 Å². The Hall–Kier alpha value is -1.13. The molecule has 0 aliphatic rings. The van der Waals surface area contributed by atoms with Crippen molar-refractivity contribution in [2.45, 2.75) is 32.7 Å². The molecule has 0 fully saturated rings. The molecule has 1 aromatic heterocycles. The molecular weight excluding hydrogens is 338 g/mol. The summed E-state index contributed by atoms with van der Waals surface area (Å²) >= 11 is 9.57. The van der Waals surface area contributed by atoms with Crippen LogP contribution >= 0.6 is 27.5 Å². The molecule has 0 saturated carbocycles. The fraction of sp³-hybridized carbons (Fsp3) is 0.333. The highest BCUT2D eigenvalue weighted by molar-refractivity contribution is 9.10. The van der Waals surface area contributed by atoms with Gasteiger partial charge in [0.05, 0.1) is 0 Å². The number of anilines is 1. The molecule has 106 valence electrons. The van der Waals surface area contributed by atoms with Crippen LogP contribution in [0.15, 0.2) is 34.9 Å². The molecule has 1 aromatic carbocycles. The SMILES string of the molecule is CC(C)(C)c1nc(Br)cc(NCc2ccccc2Cl)n1. The van der Waals surface area contributed by atoms with Crippen molar-refractivity contribution >= 4 is 33.3 Å². The van der Waals surface area contributed by atoms with Gasteiger partial charge in [0, 0.05) is 23.0 Å². The highest BCUT2D eigenvalue weighted by atomic mass is 79.9. The van der Waals surface area contributed by atoms with E-state index in [1.807, 2.05) is 30.3 Å². The van der Waals surface area contributed by atoms with Crippen molar-refractivity contribution in [1.29, 1.82) is 0 Å². The van der Waals surface area contributed by atoms with Gasteiger partial charge in [-0.15, -0.1) is 0 Å². The van der Waals surface area contributed by atoms with Crippen LogP contribution in [0.3, 0.4) is 0 Å². The Kier molecular flexibility index (Phi) is 4.66. The first-order chi connectivity index (χ1) is 9.36. The monoisotopic (exact) mass is 353 g/mol. The molecule has 0 spiro atoms. The normalized spacial score (nSPS) is 11.4. The Bertz CT molecular complexity index is 608. The first-order valence-corrected chi connectivity index (χ1v) is 7.56. The lowest BCUT2D eigenvalue weighted by molar-refractivity contribution is 0.544. The smallest absolute Gasteiger partial charge is 0.137 e. The average Bonchev–Trinajstić information content (AvgIpc) is 2.36. The molecule has 0 aliphatic carbocycles. The van der Waals surface area contributed by atoms with Gasteiger partial charge in [-0.3, -0.25) is 0 Å². The third kappa shape index (κ3) is 3.93. The number of nitrogens with one attached hydrogen (secondary N) is 1. The van der Waals surface area contributed by atoms with Crippen LogP contribution in [0.1, 0.15) is 32.2 Å². The molecule has 20 heavy (non-hydrogen) atoms. The Morgan fingerprint density at radius 3 is 2.55 bits per heavy atom. The molecule has 0 radical (unpaired) electrons. The van der Waals surface area contributed by atoms with Crippen molar-refractivity contribution in [2.24, 2.45) is 0 Å². The largest absolute Gasteiger partial charge is 0.366 e. The number of halogens is 2. The number of benzene rings is 1. The molecule has 0 unspecified atom stereocenters. The van der Waals surface area contributed by atoms with E-state index in [-0.39, 0.29) is 5.41 Å². The number of hydrogen-bond acceptors (Lipinski definition) is 3. The zero-order valence-corrected chi connectivity index (χ0v) is 14.1. The third-order valence-electron chi connectivity index (χ3n) is 2.78. The minimum Gasteiger partial charge on any atom is -0.366 e. The summed E-state index contributed by atoms with van der Waals surface area (Å²) in [6.07, 6.45) is 0. The minimum absolute atomic E-state index is 0.0927. The van der Waals surface area contributed by atoms with Gasteiger partial charge < -0.3 is 5.32 Å². The fourth-order valence-electron chi connectivity index (χ4n) is 1.67. The lowest BCUT2D eigenvalue weighted by Crippen LogP contribution is -2.17. The van der Waals surface area contributed by atoms with Crippen molar-refractivity contribution in [3.05, 3.63) is 51.3 Å². The molecule has 0 amide bonds. The van der Waals surface area contributed by atoms with Crippen LogP contribution in [0.5, 0.6) is 0 Å². The third-order valence-corrected chi connectivity index (χ3v) is 3.56. The maximum absolute atomic E-state index is 6.14. The van der Waals surface area contributed by atoms with Crippen molar-refractivity contribution < 1.29 is 0 Å². The van der Waals surface area contributed by atoms with E-state index < -0.39 is 0 Å². The second kappa shape index (κ2) is 6.10. The lowest BCUT2D eigenvalue weighted by Gasteiger charge is -2.18. The van der Waals surface area contributed by atoms with E-state index in [0.29, 0.717) is 6.54 Å². The predicted molar refractivity (Wildman–Crippen MR) is 87.2 cm³/mol. The summed E-state index contributed by atoms with van der Waals surface area (Å²) in [6.45, 7) is 6.90. The van der Waals surface area contributed by atoms with Crippen LogP contribution in [0.4, 0.5) is 5.82 Å². The number of hydrogen-bond donors (Lipinski definition) is 1. The van der Waals surface area contributed by atoms with Gasteiger partial charge in [-0.1, -0.05) is 50.6 Å². The van der Waals surface area contributed by atoms with Gasteiger partial charge in [0.15, 0.2) is 0 Å². The Labute approximate surface area is 132 Å². The summed E-state index contributed by atoms with van der Waals surface area (Å²) in [6, 6.07) is 9.64. The van der Waals surface area contributed by atoms with E-state index in [4.69, 9.17) is 11.6 Å². The van der Waals surface area contributed by atoms with E-state index in [0.717, 1.165) is 26.8 Å². The molecule has 0 aliphatic heterocycles. The molecule has 2 aromatic rings. The molecule has 0 atom stereocenters. The second-order valence-electron chi connectivity index (χ2n) is 5.59. The maximum Gasteiger partial charge on any atom is 0.137 e. The van der Waals surface area contributed by atoms with Crippen LogP contribution in [0.2, 0.25) is 5.02 Å². The summed E-state index contributed by atoms with van der Waals surface area (Å²) in [4.78, 5) is 8.97. The van der Waals surface area contributed by atoms with Gasteiger partial charge >= 0.3 is 0 Å². The molecule has 0 saturated heterocycles. The first kappa shape index (κ1) is 15.3. The topological polar surface area (TPSA) is 37.8 Å². The van der Waals surface area contributed by atoms with Gasteiger partial charge in [-0.2, -0.15) is 0 Å². The van der Waals surface area contributed by atoms with Crippen molar-refractivity contribution in [3.63, 3.8) is 0 Å². The highest BCUT2D eigenvalue weighted by Gasteiger charge is 2.18. The van der Waals surface area contributed by atoms with Crippen molar-refractivity contribution in [3.8, 4) is 0 Å². The Morgan fingerprint density at radius 1 is 1.20 bits per heavy atom. The standard InChI is InChI=1S/C15H17BrClN3/c1-15(2,3)14-19-12(16)8-13(20-14)18-9-10-6-4-5-7-11(10)17/h4-8H,9H2,1-3H3,(H,18,19,20). The second-order valence-corrected chi connectivity index (χ2v) is 6.81. The predicted octanol–water partition coefficient (Wildman–Crippen LogP) is 4.80. The summed E-state index contributed by atoms with van der Waals surface area (Å²) in [5.74, 6) is 1.59. The molecule has 5 heteroatoms. The lowest BCUT2D eigenvalue weighted by atomic mass is 9.96. The Morgan fingerprint density at radius 2 is 1.90 bits per heavy atom. The summed E-state index contributed by atoms with van der Waals surface area (Å²) in [7, 11) is 0. The summed E-state index contributed by atoms with van der Waals surface area (Å²) < 4.78 is 0.777. The summed E-state index contributed by atoms with van der Waals surface area (Å²) in [5, 5.41) is 4.04. The average molecular weight is 355 g/mol. The Balaban J connectivity index is 2.18.